The van der Waals surface area contributed by atoms with Crippen LogP contribution in [-0.4, -0.2) is 48.8 Å². The van der Waals surface area contributed by atoms with Crippen molar-refractivity contribution in [3.8, 4) is 11.5 Å². The topological polar surface area (TPSA) is 67.9 Å². The third kappa shape index (κ3) is 7.69. The molecule has 0 saturated heterocycles. The molecule has 0 heterocycles. The zero-order valence-electron chi connectivity index (χ0n) is 20.4. The van der Waals surface area contributed by atoms with Gasteiger partial charge in [0.15, 0.2) is 0 Å². The molecule has 1 N–H and O–H groups in total. The summed E-state index contributed by atoms with van der Waals surface area (Å²) in [4.78, 5) is 28.1. The van der Waals surface area contributed by atoms with Gasteiger partial charge in [-0.05, 0) is 55.2 Å². The monoisotopic (exact) mass is 484 g/mol. The summed E-state index contributed by atoms with van der Waals surface area (Å²) in [6.45, 7) is 2.18. The number of carbonyl (C=O) groups is 2. The Bertz CT molecular complexity index is 928. The van der Waals surface area contributed by atoms with E-state index in [2.05, 4.69) is 5.32 Å². The Labute approximate surface area is 207 Å². The quantitative estimate of drug-likeness (QED) is 0.496. The van der Waals surface area contributed by atoms with Crippen molar-refractivity contribution in [3.63, 3.8) is 0 Å². The zero-order valence-corrected chi connectivity index (χ0v) is 21.2. The lowest BCUT2D eigenvalue weighted by molar-refractivity contribution is -0.139. The average Bonchev–Trinajstić information content (AvgIpc) is 2.88. The van der Waals surface area contributed by atoms with Crippen molar-refractivity contribution in [1.29, 1.82) is 0 Å². The molecule has 2 aromatic carbocycles. The van der Waals surface area contributed by atoms with Crippen LogP contribution in [0, 0.1) is 0 Å². The smallest absolute Gasteiger partial charge is 0.242 e. The molecule has 0 spiro atoms. The maximum Gasteiger partial charge on any atom is 0.242 e. The van der Waals surface area contributed by atoms with Crippen molar-refractivity contribution in [2.24, 2.45) is 0 Å². The highest BCUT2D eigenvalue weighted by Gasteiger charge is 2.28. The van der Waals surface area contributed by atoms with Crippen molar-refractivity contribution in [1.82, 2.24) is 10.2 Å². The maximum absolute atomic E-state index is 13.3. The minimum Gasteiger partial charge on any atom is -0.497 e. The Kier molecular flexibility index (Phi) is 10.1. The van der Waals surface area contributed by atoms with E-state index in [9.17, 15) is 9.59 Å². The van der Waals surface area contributed by atoms with Crippen molar-refractivity contribution in [3.05, 3.63) is 59.7 Å². The van der Waals surface area contributed by atoms with Gasteiger partial charge in [-0.15, -0.1) is 11.8 Å². The molecule has 6 nitrogen and oxygen atoms in total. The van der Waals surface area contributed by atoms with E-state index < -0.39 is 6.04 Å². The van der Waals surface area contributed by atoms with E-state index in [1.807, 2.05) is 55.5 Å². The van der Waals surface area contributed by atoms with Gasteiger partial charge in [0.2, 0.25) is 11.8 Å². The van der Waals surface area contributed by atoms with Gasteiger partial charge in [0.1, 0.15) is 17.5 Å². The fourth-order valence-corrected chi connectivity index (χ4v) is 5.05. The molecule has 0 radical (unpaired) electrons. The second kappa shape index (κ2) is 13.3. The van der Waals surface area contributed by atoms with Gasteiger partial charge in [-0.2, -0.15) is 0 Å². The molecule has 1 saturated carbocycles. The molecule has 0 bridgehead atoms. The number of nitrogens with one attached hydrogen (secondary N) is 1. The number of carbonyl (C=O) groups excluding carboxylic acids is 2. The predicted octanol–water partition coefficient (Wildman–Crippen LogP) is 4.80. The summed E-state index contributed by atoms with van der Waals surface area (Å²) >= 11 is 1.55. The molecule has 1 aliphatic rings. The second-order valence-corrected chi connectivity index (χ2v) is 9.72. The molecular formula is C27H36N2O4S. The highest BCUT2D eigenvalue weighted by molar-refractivity contribution is 7.99. The molecule has 3 rings (SSSR count). The standard InChI is InChI=1S/C27H36N2O4S/c1-20(27(31)28-23-9-5-4-6-10-23)29(17-22-8-7-11-25(16-22)33-3)26(30)19-34-18-21-12-14-24(32-2)15-13-21/h7-8,11-16,20,23H,4-6,9-10,17-19H2,1-3H3,(H,28,31)/t20-/m1/s1. The molecule has 7 heteroatoms. The number of hydrogen-bond acceptors (Lipinski definition) is 5. The average molecular weight is 485 g/mol. The Morgan fingerprint density at radius 1 is 1.00 bits per heavy atom. The Hall–Kier alpha value is -2.67. The molecule has 0 aliphatic heterocycles. The fraction of sp³-hybridized carbons (Fsp3) is 0.481. The van der Waals surface area contributed by atoms with Crippen LogP contribution in [0.5, 0.6) is 11.5 Å². The lowest BCUT2D eigenvalue weighted by atomic mass is 9.95. The number of thioether (sulfide) groups is 1. The lowest BCUT2D eigenvalue weighted by Gasteiger charge is -2.31. The van der Waals surface area contributed by atoms with Gasteiger partial charge in [0, 0.05) is 18.3 Å². The molecule has 34 heavy (non-hydrogen) atoms. The molecule has 2 amide bonds. The largest absolute Gasteiger partial charge is 0.497 e. The number of benzene rings is 2. The van der Waals surface area contributed by atoms with E-state index in [-0.39, 0.29) is 17.9 Å². The highest BCUT2D eigenvalue weighted by Crippen LogP contribution is 2.21. The first-order valence-electron chi connectivity index (χ1n) is 11.9. The molecule has 184 valence electrons. The van der Waals surface area contributed by atoms with Crippen molar-refractivity contribution >= 4 is 23.6 Å². The van der Waals surface area contributed by atoms with Gasteiger partial charge in [0.25, 0.3) is 0 Å². The van der Waals surface area contributed by atoms with Crippen LogP contribution in [0.1, 0.15) is 50.2 Å². The van der Waals surface area contributed by atoms with Crippen molar-refractivity contribution < 1.29 is 19.1 Å². The SMILES string of the molecule is COc1ccc(CSCC(=O)N(Cc2cccc(OC)c2)[C@H](C)C(=O)NC2CCCCC2)cc1. The van der Waals surface area contributed by atoms with Gasteiger partial charge in [-0.1, -0.05) is 43.5 Å². The summed E-state index contributed by atoms with van der Waals surface area (Å²) in [5, 5.41) is 3.18. The Balaban J connectivity index is 1.65. The van der Waals surface area contributed by atoms with E-state index in [4.69, 9.17) is 9.47 Å². The highest BCUT2D eigenvalue weighted by atomic mass is 32.2. The van der Waals surface area contributed by atoms with Gasteiger partial charge in [-0.3, -0.25) is 9.59 Å². The van der Waals surface area contributed by atoms with Crippen LogP contribution in [0.3, 0.4) is 0 Å². The second-order valence-electron chi connectivity index (χ2n) is 8.73. The summed E-state index contributed by atoms with van der Waals surface area (Å²) in [7, 11) is 3.27. The number of amides is 2. The zero-order chi connectivity index (χ0) is 24.3. The summed E-state index contributed by atoms with van der Waals surface area (Å²) < 4.78 is 10.5. The molecule has 1 aliphatic carbocycles. The van der Waals surface area contributed by atoms with Crippen molar-refractivity contribution in [2.45, 2.75) is 63.4 Å². The minimum absolute atomic E-state index is 0.0485. The summed E-state index contributed by atoms with van der Waals surface area (Å²) in [5.74, 6) is 2.43. The maximum atomic E-state index is 13.3. The van der Waals surface area contributed by atoms with E-state index in [1.54, 1.807) is 30.9 Å². The summed E-state index contributed by atoms with van der Waals surface area (Å²) in [5.41, 5.74) is 2.06. The van der Waals surface area contributed by atoms with Crippen LogP contribution in [0.2, 0.25) is 0 Å². The third-order valence-corrected chi connectivity index (χ3v) is 7.25. The first-order chi connectivity index (χ1) is 16.5. The number of methoxy groups -OCH3 is 2. The molecule has 2 aromatic rings. The van der Waals surface area contributed by atoms with E-state index in [0.29, 0.717) is 18.1 Å². The predicted molar refractivity (Wildman–Crippen MR) is 137 cm³/mol. The van der Waals surface area contributed by atoms with Gasteiger partial charge < -0.3 is 19.7 Å². The lowest BCUT2D eigenvalue weighted by Crippen LogP contribution is -2.50. The minimum atomic E-state index is -0.554. The van der Waals surface area contributed by atoms with E-state index >= 15 is 0 Å². The van der Waals surface area contributed by atoms with Crippen molar-refractivity contribution in [2.75, 3.05) is 20.0 Å². The van der Waals surface area contributed by atoms with Crippen LogP contribution in [0.4, 0.5) is 0 Å². The number of nitrogens with zero attached hydrogens (tertiary/aromatic N) is 1. The first-order valence-corrected chi connectivity index (χ1v) is 13.1. The number of rotatable bonds is 11. The van der Waals surface area contributed by atoms with Crippen LogP contribution in [0.25, 0.3) is 0 Å². The number of ether oxygens (including phenoxy) is 2. The van der Waals surface area contributed by atoms with E-state index in [0.717, 1.165) is 48.3 Å². The van der Waals surface area contributed by atoms with Gasteiger partial charge in [0.05, 0.1) is 20.0 Å². The molecular weight excluding hydrogens is 448 g/mol. The Morgan fingerprint density at radius 3 is 2.38 bits per heavy atom. The van der Waals surface area contributed by atoms with Crippen LogP contribution < -0.4 is 14.8 Å². The fourth-order valence-electron chi connectivity index (χ4n) is 4.18. The van der Waals surface area contributed by atoms with Gasteiger partial charge >= 0.3 is 0 Å². The normalized spacial score (nSPS) is 14.8. The summed E-state index contributed by atoms with van der Waals surface area (Å²) in [6.07, 6.45) is 5.55. The van der Waals surface area contributed by atoms with Crippen LogP contribution in [-0.2, 0) is 21.9 Å². The Morgan fingerprint density at radius 2 is 1.71 bits per heavy atom. The van der Waals surface area contributed by atoms with Gasteiger partial charge in [-0.25, -0.2) is 0 Å². The molecule has 1 fully saturated rings. The number of hydrogen-bond donors (Lipinski definition) is 1. The summed E-state index contributed by atoms with van der Waals surface area (Å²) in [6, 6.07) is 15.2. The molecule has 1 atom stereocenters. The third-order valence-electron chi connectivity index (χ3n) is 6.26. The molecule has 0 unspecified atom stereocenters. The van der Waals surface area contributed by atoms with E-state index in [1.165, 1.54) is 6.42 Å². The first kappa shape index (κ1) is 25.9. The van der Waals surface area contributed by atoms with Crippen LogP contribution >= 0.6 is 11.8 Å². The molecule has 0 aromatic heterocycles. The van der Waals surface area contributed by atoms with Crippen LogP contribution in [0.15, 0.2) is 48.5 Å².